The number of rotatable bonds is 14. The molecule has 18 nitrogen and oxygen atoms in total. The predicted molar refractivity (Wildman–Crippen MR) is 233 cm³/mol. The third kappa shape index (κ3) is 10.8. The molecule has 4 heterocycles. The van der Waals surface area contributed by atoms with E-state index in [2.05, 4.69) is 4.98 Å². The molecule has 3 aliphatic heterocycles. The summed E-state index contributed by atoms with van der Waals surface area (Å²) in [6.45, 7) is 17.4. The van der Waals surface area contributed by atoms with Crippen LogP contribution in [0.5, 0.6) is 0 Å². The molecule has 0 radical (unpaired) electrons. The van der Waals surface area contributed by atoms with Crippen LogP contribution in [-0.4, -0.2) is 141 Å². The van der Waals surface area contributed by atoms with Gasteiger partial charge in [-0.1, -0.05) is 52.8 Å². The van der Waals surface area contributed by atoms with E-state index in [4.69, 9.17) is 28.4 Å². The van der Waals surface area contributed by atoms with Crippen molar-refractivity contribution in [1.29, 1.82) is 0 Å². The van der Waals surface area contributed by atoms with Gasteiger partial charge in [0.15, 0.2) is 11.9 Å². The Hall–Kier alpha value is -4.49. The number of nitrogens with zero attached hydrogens (tertiary/aromatic N) is 5. The molecule has 14 atom stereocenters. The zero-order valence-electron chi connectivity index (χ0n) is 39.2. The molecule has 0 aliphatic carbocycles. The number of ketones is 1. The van der Waals surface area contributed by atoms with Gasteiger partial charge in [-0.25, -0.2) is 9.78 Å². The number of benzene rings is 1. The smallest absolute Gasteiger partial charge is 0.410 e. The van der Waals surface area contributed by atoms with Gasteiger partial charge in [0.2, 0.25) is 0 Å². The molecule has 0 unspecified atom stereocenters. The number of nitro benzene ring substituents is 1. The number of Topliss-reactive ketones (excluding diaryl/α,β-unsaturated/α-hetero) is 1. The number of ether oxygens (including phenoxy) is 6. The third-order valence-electron chi connectivity index (χ3n) is 13.9. The molecular formula is C46H69N5O13. The highest BCUT2D eigenvalue weighted by Crippen LogP contribution is 2.44. The van der Waals surface area contributed by atoms with Gasteiger partial charge < -0.3 is 47.9 Å². The quantitative estimate of drug-likeness (QED) is 0.109. The van der Waals surface area contributed by atoms with Crippen LogP contribution < -0.4 is 0 Å². The van der Waals surface area contributed by atoms with Gasteiger partial charge >= 0.3 is 18.0 Å². The fraction of sp³-hybridized carbons (Fsp3) is 0.717. The lowest BCUT2D eigenvalue weighted by Crippen LogP contribution is -2.61. The summed E-state index contributed by atoms with van der Waals surface area (Å²) < 4.78 is 40.2. The lowest BCUT2D eigenvalue weighted by Gasteiger charge is -2.48. The molecule has 3 aliphatic rings. The number of nitro groups is 1. The van der Waals surface area contributed by atoms with Crippen molar-refractivity contribution < 1.29 is 57.6 Å². The maximum absolute atomic E-state index is 14.9. The maximum Gasteiger partial charge on any atom is 0.410 e. The summed E-state index contributed by atoms with van der Waals surface area (Å²) in [4.78, 5) is 76.6. The van der Waals surface area contributed by atoms with Crippen LogP contribution >= 0.6 is 0 Å². The van der Waals surface area contributed by atoms with Gasteiger partial charge in [-0.2, -0.15) is 0 Å². The van der Waals surface area contributed by atoms with Crippen LogP contribution in [0, 0.1) is 33.8 Å². The average molecular weight is 900 g/mol. The monoisotopic (exact) mass is 899 g/mol. The van der Waals surface area contributed by atoms with Gasteiger partial charge in [0.25, 0.3) is 5.69 Å². The number of aromatic nitrogens is 2. The van der Waals surface area contributed by atoms with Crippen LogP contribution in [0.15, 0.2) is 43.0 Å². The second-order valence-corrected chi connectivity index (χ2v) is 18.4. The number of carbonyl (C=O) groups excluding carboxylic acids is 4. The molecule has 1 aromatic carbocycles. The number of aliphatic hydroxyl groups excluding tert-OH is 1. The van der Waals surface area contributed by atoms with Gasteiger partial charge in [-0.3, -0.25) is 24.5 Å². The van der Waals surface area contributed by atoms with E-state index in [1.807, 2.05) is 36.6 Å². The molecule has 5 rings (SSSR count). The predicted octanol–water partition coefficient (Wildman–Crippen LogP) is 5.36. The van der Waals surface area contributed by atoms with Crippen molar-refractivity contribution in [1.82, 2.24) is 19.4 Å². The average Bonchev–Trinajstić information content (AvgIpc) is 3.88. The zero-order valence-corrected chi connectivity index (χ0v) is 39.2. The number of amides is 1. The first-order valence-electron chi connectivity index (χ1n) is 22.6. The van der Waals surface area contributed by atoms with Crippen molar-refractivity contribution in [3.63, 3.8) is 0 Å². The normalized spacial score (nSPS) is 35.3. The van der Waals surface area contributed by atoms with Crippen molar-refractivity contribution in [2.75, 3.05) is 27.2 Å². The van der Waals surface area contributed by atoms with Crippen molar-refractivity contribution in [2.45, 2.75) is 161 Å². The van der Waals surface area contributed by atoms with Crippen LogP contribution in [0.2, 0.25) is 0 Å². The Labute approximate surface area is 376 Å². The fourth-order valence-corrected chi connectivity index (χ4v) is 10.2. The minimum Gasteiger partial charge on any atom is -0.461 e. The van der Waals surface area contributed by atoms with Gasteiger partial charge in [-0.15, -0.1) is 0 Å². The maximum atomic E-state index is 14.9. The highest BCUT2D eigenvalue weighted by Gasteiger charge is 2.60. The van der Waals surface area contributed by atoms with Crippen molar-refractivity contribution >= 4 is 29.5 Å². The highest BCUT2D eigenvalue weighted by molar-refractivity contribution is 5.85. The standard InChI is InChI=1S/C46H69N5O13/c1-12-35-46(9)40(50(44(56)64-46)21-16-20-49-22-19-47-26-49)29(5)37(53)27(3)25-45(8,59-11)41(63-43-38(54)34(48(10)13-2)23-28(4)60-43)30(6)39(31(7)42(55)61-35)62-36(52)24-32-17-14-15-18-33(32)51(57)58/h14-15,17-19,22,26-31,34-35,38-41,43,54H,12-13,16,20-21,23-25H2,1-11H3/t27-,28+,29+,30+,31-,34-,35-,38+,39+,40-,41-,43-,45-,46-/m1/s1. The van der Waals surface area contributed by atoms with Gasteiger partial charge in [-0.05, 0) is 67.0 Å². The van der Waals surface area contributed by atoms with E-state index < -0.39 is 101 Å². The second kappa shape index (κ2) is 21.2. The van der Waals surface area contributed by atoms with E-state index in [1.165, 1.54) is 25.3 Å². The number of aliphatic hydroxyl groups is 1. The summed E-state index contributed by atoms with van der Waals surface area (Å²) in [6.07, 6.45) is -0.827. The summed E-state index contributed by atoms with van der Waals surface area (Å²) in [7, 11) is 3.38. The molecule has 2 aromatic rings. The highest BCUT2D eigenvalue weighted by atomic mass is 16.7. The summed E-state index contributed by atoms with van der Waals surface area (Å²) in [5.74, 6) is -5.50. The fourth-order valence-electron chi connectivity index (χ4n) is 10.2. The molecular weight excluding hydrogens is 831 g/mol. The van der Waals surface area contributed by atoms with Crippen molar-refractivity contribution in [3.8, 4) is 0 Å². The summed E-state index contributed by atoms with van der Waals surface area (Å²) >= 11 is 0. The molecule has 64 heavy (non-hydrogen) atoms. The van der Waals surface area contributed by atoms with E-state index >= 15 is 0 Å². The number of aryl methyl sites for hydroxylation is 1. The summed E-state index contributed by atoms with van der Waals surface area (Å²) in [5, 5.41) is 23.8. The van der Waals surface area contributed by atoms with Crippen LogP contribution in [0.3, 0.4) is 0 Å². The first kappa shape index (κ1) is 50.5. The Balaban J connectivity index is 1.61. The number of cyclic esters (lactones) is 1. The van der Waals surface area contributed by atoms with E-state index in [9.17, 15) is 34.4 Å². The van der Waals surface area contributed by atoms with Crippen LogP contribution in [0.1, 0.15) is 93.6 Å². The number of imidazole rings is 1. The van der Waals surface area contributed by atoms with E-state index in [1.54, 1.807) is 72.0 Å². The Morgan fingerprint density at radius 1 is 1.08 bits per heavy atom. The minimum atomic E-state index is -1.48. The molecule has 3 saturated heterocycles. The van der Waals surface area contributed by atoms with E-state index in [0.717, 1.165) is 0 Å². The SMILES string of the molecule is CC[C@H]1OC(=O)[C@H](C)[C@@H](OC(=O)Cc2ccccc2[N+](=O)[O-])[C@H](C)[C@@H](O[C@H]2O[C@@H](C)C[C@@H](N(C)CC)[C@@H]2O)[C@](C)(OC)C[C@@H](C)C(=O)[C@H](C)[C@H]2N(CCCn3ccnc3)C(=O)O[C@]12C. The van der Waals surface area contributed by atoms with E-state index in [0.29, 0.717) is 25.9 Å². The first-order chi connectivity index (χ1) is 30.2. The Morgan fingerprint density at radius 3 is 2.41 bits per heavy atom. The Kier molecular flexibility index (Phi) is 16.7. The summed E-state index contributed by atoms with van der Waals surface area (Å²) in [6, 6.07) is 4.62. The Bertz CT molecular complexity index is 1930. The number of likely N-dealkylation sites (N-methyl/N-ethyl adjacent to an activating group) is 1. The number of hydrogen-bond donors (Lipinski definition) is 1. The van der Waals surface area contributed by atoms with Gasteiger partial charge in [0.1, 0.15) is 24.1 Å². The number of hydrogen-bond acceptors (Lipinski definition) is 15. The molecule has 0 spiro atoms. The number of carbonyl (C=O) groups is 4. The number of fused-ring (bicyclic) bond motifs is 1. The van der Waals surface area contributed by atoms with Crippen LogP contribution in [0.25, 0.3) is 0 Å². The molecule has 18 heteroatoms. The molecule has 1 N–H and O–H groups in total. The number of esters is 2. The summed E-state index contributed by atoms with van der Waals surface area (Å²) in [5.41, 5.74) is -3.02. The molecule has 356 valence electrons. The Morgan fingerprint density at radius 2 is 1.78 bits per heavy atom. The minimum absolute atomic E-state index is 0.0596. The lowest BCUT2D eigenvalue weighted by molar-refractivity contribution is -0.385. The molecule has 1 aromatic heterocycles. The third-order valence-corrected chi connectivity index (χ3v) is 13.9. The van der Waals surface area contributed by atoms with Gasteiger partial charge in [0, 0.05) is 68.0 Å². The molecule has 1 amide bonds. The topological polar surface area (TPSA) is 211 Å². The zero-order chi connectivity index (χ0) is 47.3. The largest absolute Gasteiger partial charge is 0.461 e. The van der Waals surface area contributed by atoms with Crippen molar-refractivity contribution in [2.24, 2.45) is 23.7 Å². The van der Waals surface area contributed by atoms with Crippen LogP contribution in [0.4, 0.5) is 10.5 Å². The van der Waals surface area contributed by atoms with Crippen molar-refractivity contribution in [3.05, 3.63) is 58.7 Å². The second-order valence-electron chi connectivity index (χ2n) is 18.4. The van der Waals surface area contributed by atoms with Gasteiger partial charge in [0.05, 0.1) is 47.4 Å². The molecule has 3 fully saturated rings. The first-order valence-corrected chi connectivity index (χ1v) is 22.6. The number of para-hydroxylation sites is 1. The number of methoxy groups -OCH3 is 1. The van der Waals surface area contributed by atoms with Crippen LogP contribution in [-0.2, 0) is 55.8 Å². The van der Waals surface area contributed by atoms with E-state index in [-0.39, 0.29) is 48.6 Å². The molecule has 0 saturated carbocycles. The lowest BCUT2D eigenvalue weighted by atomic mass is 9.73. The molecule has 0 bridgehead atoms.